The Labute approximate surface area is 112 Å². The van der Waals surface area contributed by atoms with Crippen molar-refractivity contribution in [3.63, 3.8) is 0 Å². The largest absolute Gasteiger partial charge is 0.478 e. The highest BCUT2D eigenvalue weighted by Gasteiger charge is 2.16. The summed E-state index contributed by atoms with van der Waals surface area (Å²) >= 11 is 0. The first kappa shape index (κ1) is 15.2. The van der Waals surface area contributed by atoms with Gasteiger partial charge in [-0.25, -0.2) is 4.79 Å². The molecule has 1 amide bonds. The smallest absolute Gasteiger partial charge is 0.336 e. The number of hydrogen-bond acceptors (Lipinski definition) is 3. The van der Waals surface area contributed by atoms with Crippen LogP contribution >= 0.6 is 0 Å². The standard InChI is InChI=1S/C14H20N2O3/c1-8(2)6-12(15)13(17)16-10-5-4-9(3)11(7-10)14(18)19/h4-5,7-8,12H,6,15H2,1-3H3,(H,16,17)(H,18,19)/t12-/m1/s1. The summed E-state index contributed by atoms with van der Waals surface area (Å²) in [6, 6.07) is 4.18. The summed E-state index contributed by atoms with van der Waals surface area (Å²) in [7, 11) is 0. The van der Waals surface area contributed by atoms with Gasteiger partial charge in [0, 0.05) is 5.69 Å². The molecule has 0 saturated heterocycles. The van der Waals surface area contributed by atoms with Crippen molar-refractivity contribution in [2.24, 2.45) is 11.7 Å². The maximum absolute atomic E-state index is 11.8. The Bertz CT molecular complexity index is 484. The summed E-state index contributed by atoms with van der Waals surface area (Å²) in [4.78, 5) is 22.8. The van der Waals surface area contributed by atoms with Crippen LogP contribution in [0.25, 0.3) is 0 Å². The van der Waals surface area contributed by atoms with Crippen LogP contribution in [0.1, 0.15) is 36.2 Å². The quantitative estimate of drug-likeness (QED) is 0.758. The van der Waals surface area contributed by atoms with Crippen molar-refractivity contribution in [1.82, 2.24) is 0 Å². The summed E-state index contributed by atoms with van der Waals surface area (Å²) in [5.41, 5.74) is 7.04. The lowest BCUT2D eigenvalue weighted by Crippen LogP contribution is -2.36. The first-order valence-electron chi connectivity index (χ1n) is 6.21. The molecule has 1 aromatic carbocycles. The van der Waals surface area contributed by atoms with Crippen LogP contribution in [0.2, 0.25) is 0 Å². The molecule has 1 atom stereocenters. The molecule has 5 heteroatoms. The molecule has 1 aromatic rings. The summed E-state index contributed by atoms with van der Waals surface area (Å²) in [6.07, 6.45) is 0.587. The van der Waals surface area contributed by atoms with Gasteiger partial charge in [-0.1, -0.05) is 19.9 Å². The van der Waals surface area contributed by atoms with E-state index in [0.29, 0.717) is 23.6 Å². The van der Waals surface area contributed by atoms with E-state index < -0.39 is 12.0 Å². The zero-order valence-corrected chi connectivity index (χ0v) is 11.4. The van der Waals surface area contributed by atoms with E-state index >= 15 is 0 Å². The van der Waals surface area contributed by atoms with Crippen molar-refractivity contribution in [3.05, 3.63) is 29.3 Å². The fraction of sp³-hybridized carbons (Fsp3) is 0.429. The lowest BCUT2D eigenvalue weighted by molar-refractivity contribution is -0.117. The molecule has 104 valence electrons. The maximum Gasteiger partial charge on any atom is 0.336 e. The van der Waals surface area contributed by atoms with E-state index in [1.54, 1.807) is 19.1 Å². The molecule has 5 nitrogen and oxygen atoms in total. The fourth-order valence-electron chi connectivity index (χ4n) is 1.78. The van der Waals surface area contributed by atoms with E-state index in [4.69, 9.17) is 10.8 Å². The van der Waals surface area contributed by atoms with Crippen molar-refractivity contribution >= 4 is 17.6 Å². The highest BCUT2D eigenvalue weighted by Crippen LogP contribution is 2.16. The zero-order valence-electron chi connectivity index (χ0n) is 11.4. The third kappa shape index (κ3) is 4.37. The van der Waals surface area contributed by atoms with E-state index in [9.17, 15) is 9.59 Å². The average molecular weight is 264 g/mol. The molecule has 19 heavy (non-hydrogen) atoms. The Hall–Kier alpha value is -1.88. The molecular formula is C14H20N2O3. The number of carboxylic acid groups (broad SMARTS) is 1. The minimum Gasteiger partial charge on any atom is -0.478 e. The molecule has 1 rings (SSSR count). The Kier molecular flexibility index (Phi) is 5.06. The number of nitrogens with one attached hydrogen (secondary N) is 1. The predicted molar refractivity (Wildman–Crippen MR) is 74.2 cm³/mol. The van der Waals surface area contributed by atoms with Gasteiger partial charge >= 0.3 is 5.97 Å². The van der Waals surface area contributed by atoms with Crippen molar-refractivity contribution in [2.75, 3.05) is 5.32 Å². The zero-order chi connectivity index (χ0) is 14.6. The lowest BCUT2D eigenvalue weighted by Gasteiger charge is -2.14. The number of carbonyl (C=O) groups excluding carboxylic acids is 1. The van der Waals surface area contributed by atoms with E-state index in [2.05, 4.69) is 5.32 Å². The molecule has 0 heterocycles. The molecule has 0 radical (unpaired) electrons. The lowest BCUT2D eigenvalue weighted by atomic mass is 10.0. The molecule has 0 saturated carbocycles. The topological polar surface area (TPSA) is 92.4 Å². The van der Waals surface area contributed by atoms with Crippen LogP contribution in [-0.2, 0) is 4.79 Å². The van der Waals surface area contributed by atoms with Gasteiger partial charge in [0.25, 0.3) is 0 Å². The Morgan fingerprint density at radius 1 is 1.37 bits per heavy atom. The summed E-state index contributed by atoms with van der Waals surface area (Å²) in [5, 5.41) is 11.7. The molecule has 0 spiro atoms. The third-order valence-electron chi connectivity index (χ3n) is 2.80. The van der Waals surface area contributed by atoms with Crippen LogP contribution in [-0.4, -0.2) is 23.0 Å². The summed E-state index contributed by atoms with van der Waals surface area (Å²) in [5.74, 6) is -0.984. The van der Waals surface area contributed by atoms with Crippen LogP contribution in [0.4, 0.5) is 5.69 Å². The molecule has 0 aliphatic rings. The number of aryl methyl sites for hydroxylation is 1. The van der Waals surface area contributed by atoms with Crippen LogP contribution in [0.15, 0.2) is 18.2 Å². The monoisotopic (exact) mass is 264 g/mol. The van der Waals surface area contributed by atoms with Crippen LogP contribution in [0.5, 0.6) is 0 Å². The van der Waals surface area contributed by atoms with Gasteiger partial charge in [0.05, 0.1) is 11.6 Å². The molecular weight excluding hydrogens is 244 g/mol. The predicted octanol–water partition coefficient (Wildman–Crippen LogP) is 2.01. The SMILES string of the molecule is Cc1ccc(NC(=O)[C@H](N)CC(C)C)cc1C(=O)O. The van der Waals surface area contributed by atoms with Gasteiger partial charge in [-0.3, -0.25) is 4.79 Å². The second-order valence-electron chi connectivity index (χ2n) is 5.06. The second-order valence-corrected chi connectivity index (χ2v) is 5.06. The van der Waals surface area contributed by atoms with Gasteiger partial charge in [0.1, 0.15) is 0 Å². The van der Waals surface area contributed by atoms with Crippen molar-refractivity contribution in [2.45, 2.75) is 33.2 Å². The van der Waals surface area contributed by atoms with Gasteiger partial charge in [0.15, 0.2) is 0 Å². The summed E-state index contributed by atoms with van der Waals surface area (Å²) < 4.78 is 0. The molecule has 0 bridgehead atoms. The van der Waals surface area contributed by atoms with Crippen LogP contribution in [0, 0.1) is 12.8 Å². The van der Waals surface area contributed by atoms with E-state index in [1.807, 2.05) is 13.8 Å². The average Bonchev–Trinajstić information content (AvgIpc) is 2.30. The number of aromatic carboxylic acids is 1. The fourth-order valence-corrected chi connectivity index (χ4v) is 1.78. The number of carboxylic acids is 1. The maximum atomic E-state index is 11.8. The van der Waals surface area contributed by atoms with Crippen LogP contribution < -0.4 is 11.1 Å². The summed E-state index contributed by atoms with van der Waals surface area (Å²) in [6.45, 7) is 5.68. The number of amides is 1. The number of carbonyl (C=O) groups is 2. The normalized spacial score (nSPS) is 12.3. The Morgan fingerprint density at radius 2 is 2.00 bits per heavy atom. The minimum atomic E-state index is -1.01. The van der Waals surface area contributed by atoms with Crippen molar-refractivity contribution < 1.29 is 14.7 Å². The van der Waals surface area contributed by atoms with Gasteiger partial charge in [0.2, 0.25) is 5.91 Å². The highest BCUT2D eigenvalue weighted by molar-refractivity contribution is 5.97. The number of benzene rings is 1. The minimum absolute atomic E-state index is 0.176. The molecule has 0 aromatic heterocycles. The Morgan fingerprint density at radius 3 is 2.53 bits per heavy atom. The number of hydrogen-bond donors (Lipinski definition) is 3. The van der Waals surface area contributed by atoms with E-state index in [-0.39, 0.29) is 11.5 Å². The number of anilines is 1. The van der Waals surface area contributed by atoms with Crippen molar-refractivity contribution in [1.29, 1.82) is 0 Å². The molecule has 0 aliphatic heterocycles. The third-order valence-corrected chi connectivity index (χ3v) is 2.80. The second kappa shape index (κ2) is 6.33. The van der Waals surface area contributed by atoms with Crippen LogP contribution in [0.3, 0.4) is 0 Å². The van der Waals surface area contributed by atoms with Gasteiger partial charge in [-0.2, -0.15) is 0 Å². The van der Waals surface area contributed by atoms with Gasteiger partial charge in [-0.15, -0.1) is 0 Å². The van der Waals surface area contributed by atoms with Crippen molar-refractivity contribution in [3.8, 4) is 0 Å². The highest BCUT2D eigenvalue weighted by atomic mass is 16.4. The Balaban J connectivity index is 2.80. The first-order chi connectivity index (χ1) is 8.81. The van der Waals surface area contributed by atoms with Gasteiger partial charge in [-0.05, 0) is 37.0 Å². The molecule has 0 unspecified atom stereocenters. The number of nitrogens with two attached hydrogens (primary N) is 1. The number of rotatable bonds is 5. The van der Waals surface area contributed by atoms with E-state index in [0.717, 1.165) is 0 Å². The molecule has 0 fully saturated rings. The van der Waals surface area contributed by atoms with Gasteiger partial charge < -0.3 is 16.2 Å². The van der Waals surface area contributed by atoms with E-state index in [1.165, 1.54) is 6.07 Å². The molecule has 4 N–H and O–H groups in total. The first-order valence-corrected chi connectivity index (χ1v) is 6.21. The molecule has 0 aliphatic carbocycles.